The van der Waals surface area contributed by atoms with Crippen LogP contribution in [0.2, 0.25) is 0 Å². The van der Waals surface area contributed by atoms with Crippen molar-refractivity contribution in [1.82, 2.24) is 5.43 Å². The number of hydrogen-bond acceptors (Lipinski definition) is 2. The number of nitrogens with one attached hydrogen (secondary N) is 1. The quantitative estimate of drug-likeness (QED) is 0.442. The molecular formula is C12H17FN2. The van der Waals surface area contributed by atoms with Crippen LogP contribution in [0, 0.1) is 5.82 Å². The maximum absolute atomic E-state index is 12.7. The first-order chi connectivity index (χ1) is 7.11. The number of hydrazine groups is 1. The van der Waals surface area contributed by atoms with Crippen molar-refractivity contribution in [2.75, 3.05) is 0 Å². The molecule has 1 atom stereocenters. The normalized spacial score (nSPS) is 12.5. The van der Waals surface area contributed by atoms with Crippen molar-refractivity contribution in [1.29, 1.82) is 0 Å². The van der Waals surface area contributed by atoms with Gasteiger partial charge in [-0.25, -0.2) is 4.39 Å². The van der Waals surface area contributed by atoms with Crippen LogP contribution in [0.1, 0.15) is 18.9 Å². The molecule has 0 aliphatic carbocycles. The smallest absolute Gasteiger partial charge is 0.123 e. The zero-order valence-corrected chi connectivity index (χ0v) is 8.96. The van der Waals surface area contributed by atoms with Crippen LogP contribution < -0.4 is 11.3 Å². The summed E-state index contributed by atoms with van der Waals surface area (Å²) in [5, 5.41) is 0. The number of rotatable bonds is 5. The lowest BCUT2D eigenvalue weighted by Gasteiger charge is -2.15. The Hall–Kier alpha value is -1.19. The van der Waals surface area contributed by atoms with Gasteiger partial charge in [-0.2, -0.15) is 0 Å². The SMILES string of the molecule is C=C(C)CC(Cc1ccc(F)cc1)NN. The van der Waals surface area contributed by atoms with Gasteiger partial charge in [0.05, 0.1) is 0 Å². The Morgan fingerprint density at radius 1 is 1.47 bits per heavy atom. The predicted octanol–water partition coefficient (Wildman–Crippen LogP) is 2.17. The van der Waals surface area contributed by atoms with Gasteiger partial charge in [-0.15, -0.1) is 6.58 Å². The Balaban J connectivity index is 2.58. The molecule has 0 heterocycles. The Labute approximate surface area is 90.0 Å². The van der Waals surface area contributed by atoms with Crippen LogP contribution in [0.5, 0.6) is 0 Å². The van der Waals surface area contributed by atoms with Crippen molar-refractivity contribution in [3.05, 3.63) is 47.8 Å². The van der Waals surface area contributed by atoms with Crippen LogP contribution >= 0.6 is 0 Å². The van der Waals surface area contributed by atoms with E-state index >= 15 is 0 Å². The van der Waals surface area contributed by atoms with Gasteiger partial charge in [-0.3, -0.25) is 11.3 Å². The maximum atomic E-state index is 12.7. The van der Waals surface area contributed by atoms with Gasteiger partial charge >= 0.3 is 0 Å². The molecule has 15 heavy (non-hydrogen) atoms. The Bertz CT molecular complexity index is 319. The predicted molar refractivity (Wildman–Crippen MR) is 60.6 cm³/mol. The molecule has 3 N–H and O–H groups in total. The molecule has 3 heteroatoms. The number of halogens is 1. The van der Waals surface area contributed by atoms with Crippen molar-refractivity contribution >= 4 is 0 Å². The Kier molecular flexibility index (Phi) is 4.46. The molecule has 2 nitrogen and oxygen atoms in total. The van der Waals surface area contributed by atoms with Crippen molar-refractivity contribution in [2.45, 2.75) is 25.8 Å². The lowest BCUT2D eigenvalue weighted by Crippen LogP contribution is -2.36. The topological polar surface area (TPSA) is 38.0 Å². The highest BCUT2D eigenvalue weighted by atomic mass is 19.1. The lowest BCUT2D eigenvalue weighted by molar-refractivity contribution is 0.520. The largest absolute Gasteiger partial charge is 0.271 e. The first kappa shape index (κ1) is 11.9. The van der Waals surface area contributed by atoms with Crippen molar-refractivity contribution in [2.24, 2.45) is 5.84 Å². The summed E-state index contributed by atoms with van der Waals surface area (Å²) in [4.78, 5) is 0. The number of nitrogens with two attached hydrogens (primary N) is 1. The second kappa shape index (κ2) is 5.63. The minimum Gasteiger partial charge on any atom is -0.271 e. The minimum atomic E-state index is -0.212. The molecule has 0 amide bonds. The fourth-order valence-corrected chi connectivity index (χ4v) is 1.52. The molecule has 1 rings (SSSR count). The summed E-state index contributed by atoms with van der Waals surface area (Å²) in [7, 11) is 0. The molecule has 1 aromatic carbocycles. The average molecular weight is 208 g/mol. The molecule has 0 saturated heterocycles. The number of benzene rings is 1. The zero-order chi connectivity index (χ0) is 11.3. The molecule has 1 aromatic rings. The first-order valence-electron chi connectivity index (χ1n) is 4.96. The standard InChI is InChI=1S/C12H17FN2/c1-9(2)7-12(15-14)8-10-3-5-11(13)6-4-10/h3-6,12,15H,1,7-8,14H2,2H3. The third kappa shape index (κ3) is 4.23. The summed E-state index contributed by atoms with van der Waals surface area (Å²) in [5.74, 6) is 5.22. The van der Waals surface area contributed by atoms with Crippen LogP contribution in [0.25, 0.3) is 0 Å². The molecule has 0 saturated carbocycles. The summed E-state index contributed by atoms with van der Waals surface area (Å²) in [5.41, 5.74) is 4.90. The summed E-state index contributed by atoms with van der Waals surface area (Å²) >= 11 is 0. The Morgan fingerprint density at radius 3 is 2.53 bits per heavy atom. The van der Waals surface area contributed by atoms with Gasteiger partial charge in [0.25, 0.3) is 0 Å². The van der Waals surface area contributed by atoms with Crippen LogP contribution in [0.4, 0.5) is 4.39 Å². The lowest BCUT2D eigenvalue weighted by atomic mass is 10.0. The molecule has 0 aliphatic heterocycles. The van der Waals surface area contributed by atoms with Gasteiger partial charge in [0.15, 0.2) is 0 Å². The van der Waals surface area contributed by atoms with Crippen LogP contribution in [0.3, 0.4) is 0 Å². The van der Waals surface area contributed by atoms with E-state index in [0.29, 0.717) is 0 Å². The molecule has 0 fully saturated rings. The van der Waals surface area contributed by atoms with Crippen molar-refractivity contribution in [3.8, 4) is 0 Å². The van der Waals surface area contributed by atoms with Crippen LogP contribution in [-0.4, -0.2) is 6.04 Å². The minimum absolute atomic E-state index is 0.160. The van der Waals surface area contributed by atoms with Crippen molar-refractivity contribution in [3.63, 3.8) is 0 Å². The molecule has 82 valence electrons. The summed E-state index contributed by atoms with van der Waals surface area (Å²) in [6.45, 7) is 5.81. The first-order valence-corrected chi connectivity index (χ1v) is 4.96. The van der Waals surface area contributed by atoms with Gasteiger partial charge in [-0.1, -0.05) is 17.7 Å². The molecular weight excluding hydrogens is 191 g/mol. The van der Waals surface area contributed by atoms with Crippen LogP contribution in [0.15, 0.2) is 36.4 Å². The highest BCUT2D eigenvalue weighted by molar-refractivity contribution is 5.17. The van der Waals surface area contributed by atoms with Gasteiger partial charge in [-0.05, 0) is 37.5 Å². The van der Waals surface area contributed by atoms with E-state index < -0.39 is 0 Å². The third-order valence-corrected chi connectivity index (χ3v) is 2.23. The van der Waals surface area contributed by atoms with E-state index in [0.717, 1.165) is 24.0 Å². The van der Waals surface area contributed by atoms with E-state index in [1.165, 1.54) is 12.1 Å². The van der Waals surface area contributed by atoms with Crippen molar-refractivity contribution < 1.29 is 4.39 Å². The molecule has 0 spiro atoms. The van der Waals surface area contributed by atoms with E-state index in [4.69, 9.17) is 5.84 Å². The van der Waals surface area contributed by atoms with Gasteiger partial charge in [0, 0.05) is 6.04 Å². The fourth-order valence-electron chi connectivity index (χ4n) is 1.52. The Morgan fingerprint density at radius 2 is 2.07 bits per heavy atom. The van der Waals surface area contributed by atoms with Gasteiger partial charge in [0.2, 0.25) is 0 Å². The highest BCUT2D eigenvalue weighted by Gasteiger charge is 2.07. The van der Waals surface area contributed by atoms with E-state index in [-0.39, 0.29) is 11.9 Å². The summed E-state index contributed by atoms with van der Waals surface area (Å²) in [6.07, 6.45) is 1.61. The van der Waals surface area contributed by atoms with Gasteiger partial charge < -0.3 is 0 Å². The summed E-state index contributed by atoms with van der Waals surface area (Å²) < 4.78 is 12.7. The average Bonchev–Trinajstić information content (AvgIpc) is 2.19. The molecule has 0 radical (unpaired) electrons. The summed E-state index contributed by atoms with van der Waals surface area (Å²) in [6, 6.07) is 6.64. The zero-order valence-electron chi connectivity index (χ0n) is 8.96. The van der Waals surface area contributed by atoms with Gasteiger partial charge in [0.1, 0.15) is 5.82 Å². The monoisotopic (exact) mass is 208 g/mol. The highest BCUT2D eigenvalue weighted by Crippen LogP contribution is 2.10. The van der Waals surface area contributed by atoms with E-state index in [1.54, 1.807) is 12.1 Å². The maximum Gasteiger partial charge on any atom is 0.123 e. The number of hydrogen-bond donors (Lipinski definition) is 2. The molecule has 0 aromatic heterocycles. The molecule has 0 bridgehead atoms. The molecule has 0 aliphatic rings. The second-order valence-electron chi connectivity index (χ2n) is 3.86. The second-order valence-corrected chi connectivity index (χ2v) is 3.86. The van der Waals surface area contributed by atoms with Crippen LogP contribution in [-0.2, 0) is 6.42 Å². The third-order valence-electron chi connectivity index (χ3n) is 2.23. The van der Waals surface area contributed by atoms with E-state index in [2.05, 4.69) is 12.0 Å². The molecule has 1 unspecified atom stereocenters. The fraction of sp³-hybridized carbons (Fsp3) is 0.333. The van der Waals surface area contributed by atoms with E-state index in [1.807, 2.05) is 6.92 Å². The van der Waals surface area contributed by atoms with E-state index in [9.17, 15) is 4.39 Å².